The molecule has 0 amide bonds. The van der Waals surface area contributed by atoms with Crippen molar-refractivity contribution in [2.75, 3.05) is 12.4 Å². The van der Waals surface area contributed by atoms with Gasteiger partial charge in [-0.05, 0) is 31.4 Å². The molecule has 0 aliphatic heterocycles. The van der Waals surface area contributed by atoms with Crippen molar-refractivity contribution in [3.05, 3.63) is 28.8 Å². The summed E-state index contributed by atoms with van der Waals surface area (Å²) in [7, 11) is 2.00. The van der Waals surface area contributed by atoms with Crippen molar-refractivity contribution >= 4 is 5.69 Å². The Labute approximate surface area is 81.2 Å². The fourth-order valence-electron chi connectivity index (χ4n) is 1.88. The lowest BCUT2D eigenvalue weighted by molar-refractivity contribution is 0.919. The van der Waals surface area contributed by atoms with Gasteiger partial charge in [0.25, 0.3) is 0 Å². The van der Waals surface area contributed by atoms with Crippen LogP contribution in [0.1, 0.15) is 30.0 Å². The van der Waals surface area contributed by atoms with E-state index < -0.39 is 0 Å². The lowest BCUT2D eigenvalue weighted by Gasteiger charge is -2.12. The van der Waals surface area contributed by atoms with Gasteiger partial charge in [-0.25, -0.2) is 0 Å². The van der Waals surface area contributed by atoms with Gasteiger partial charge in [0.05, 0.1) is 0 Å². The van der Waals surface area contributed by atoms with E-state index in [0.29, 0.717) is 0 Å². The Kier molecular flexibility index (Phi) is 3.35. The Bertz CT molecular complexity index is 289. The number of benzene rings is 1. The topological polar surface area (TPSA) is 12.0 Å². The standard InChI is InChI=1S/C12H19N/c1-5-6-11-8-9(2)7-10(3)12(11)13-4/h7-8,13H,5-6H2,1-4H3. The lowest BCUT2D eigenvalue weighted by Crippen LogP contribution is -1.99. The Hall–Kier alpha value is -0.980. The Morgan fingerprint density at radius 2 is 1.92 bits per heavy atom. The third-order valence-corrected chi connectivity index (χ3v) is 2.33. The van der Waals surface area contributed by atoms with E-state index in [9.17, 15) is 0 Å². The average Bonchev–Trinajstić information content (AvgIpc) is 2.04. The number of rotatable bonds is 3. The van der Waals surface area contributed by atoms with Crippen molar-refractivity contribution in [3.63, 3.8) is 0 Å². The molecule has 0 saturated heterocycles. The molecule has 1 aromatic carbocycles. The molecule has 0 radical (unpaired) electrons. The molecule has 0 saturated carbocycles. The summed E-state index contributed by atoms with van der Waals surface area (Å²) in [5.41, 5.74) is 5.47. The van der Waals surface area contributed by atoms with E-state index in [2.05, 4.69) is 38.2 Å². The van der Waals surface area contributed by atoms with Crippen LogP contribution in [0, 0.1) is 13.8 Å². The zero-order valence-electron chi connectivity index (χ0n) is 9.07. The Morgan fingerprint density at radius 1 is 1.23 bits per heavy atom. The van der Waals surface area contributed by atoms with Crippen molar-refractivity contribution in [2.45, 2.75) is 33.6 Å². The van der Waals surface area contributed by atoms with Gasteiger partial charge in [0, 0.05) is 12.7 Å². The Morgan fingerprint density at radius 3 is 2.46 bits per heavy atom. The minimum Gasteiger partial charge on any atom is -0.388 e. The summed E-state index contributed by atoms with van der Waals surface area (Å²) in [5, 5.41) is 3.28. The highest BCUT2D eigenvalue weighted by atomic mass is 14.8. The molecule has 0 fully saturated rings. The van der Waals surface area contributed by atoms with E-state index >= 15 is 0 Å². The third kappa shape index (κ3) is 2.24. The van der Waals surface area contributed by atoms with Crippen LogP contribution in [-0.4, -0.2) is 7.05 Å². The molecule has 0 heterocycles. The van der Waals surface area contributed by atoms with Gasteiger partial charge >= 0.3 is 0 Å². The molecule has 0 aliphatic carbocycles. The summed E-state index contributed by atoms with van der Waals surface area (Å²) < 4.78 is 0. The summed E-state index contributed by atoms with van der Waals surface area (Å²) in [6.07, 6.45) is 2.37. The molecule has 1 rings (SSSR count). The fourth-order valence-corrected chi connectivity index (χ4v) is 1.88. The molecular weight excluding hydrogens is 158 g/mol. The van der Waals surface area contributed by atoms with E-state index in [0.717, 1.165) is 0 Å². The first kappa shape index (κ1) is 10.1. The highest BCUT2D eigenvalue weighted by Crippen LogP contribution is 2.23. The molecule has 0 spiro atoms. The number of nitrogens with one attached hydrogen (secondary N) is 1. The van der Waals surface area contributed by atoms with Gasteiger partial charge in [0.2, 0.25) is 0 Å². The van der Waals surface area contributed by atoms with E-state index in [1.807, 2.05) is 7.05 Å². The van der Waals surface area contributed by atoms with Crippen molar-refractivity contribution in [2.24, 2.45) is 0 Å². The minimum atomic E-state index is 1.17. The first-order chi connectivity index (χ1) is 6.19. The summed E-state index contributed by atoms with van der Waals surface area (Å²) >= 11 is 0. The molecule has 1 aromatic rings. The smallest absolute Gasteiger partial charge is 0.0400 e. The number of hydrogen-bond acceptors (Lipinski definition) is 1. The van der Waals surface area contributed by atoms with Crippen LogP contribution in [0.15, 0.2) is 12.1 Å². The molecule has 1 nitrogen and oxygen atoms in total. The largest absolute Gasteiger partial charge is 0.388 e. The molecule has 0 aromatic heterocycles. The van der Waals surface area contributed by atoms with Crippen molar-refractivity contribution in [3.8, 4) is 0 Å². The van der Waals surface area contributed by atoms with E-state index in [4.69, 9.17) is 0 Å². The number of aryl methyl sites for hydroxylation is 3. The quantitative estimate of drug-likeness (QED) is 0.747. The van der Waals surface area contributed by atoms with E-state index in [-0.39, 0.29) is 0 Å². The number of hydrogen-bond donors (Lipinski definition) is 1. The zero-order valence-corrected chi connectivity index (χ0v) is 9.07. The second-order valence-electron chi connectivity index (χ2n) is 3.62. The maximum atomic E-state index is 3.28. The lowest BCUT2D eigenvalue weighted by atomic mass is 10.0. The Balaban J connectivity index is 3.13. The molecule has 0 aliphatic rings. The second-order valence-corrected chi connectivity index (χ2v) is 3.62. The van der Waals surface area contributed by atoms with Gasteiger partial charge in [-0.1, -0.05) is 31.0 Å². The molecule has 0 unspecified atom stereocenters. The predicted molar refractivity (Wildman–Crippen MR) is 59.5 cm³/mol. The fraction of sp³-hybridized carbons (Fsp3) is 0.500. The maximum absolute atomic E-state index is 3.28. The molecule has 0 atom stereocenters. The van der Waals surface area contributed by atoms with Crippen LogP contribution < -0.4 is 5.32 Å². The van der Waals surface area contributed by atoms with Gasteiger partial charge in [0.15, 0.2) is 0 Å². The van der Waals surface area contributed by atoms with Crippen LogP contribution in [0.4, 0.5) is 5.69 Å². The van der Waals surface area contributed by atoms with Gasteiger partial charge in [-0.3, -0.25) is 0 Å². The van der Waals surface area contributed by atoms with Gasteiger partial charge in [-0.2, -0.15) is 0 Å². The molecule has 13 heavy (non-hydrogen) atoms. The highest BCUT2D eigenvalue weighted by molar-refractivity contribution is 5.58. The van der Waals surface area contributed by atoms with Gasteiger partial charge < -0.3 is 5.32 Å². The summed E-state index contributed by atoms with van der Waals surface area (Å²) in [6, 6.07) is 4.51. The van der Waals surface area contributed by atoms with Crippen LogP contribution in [0.3, 0.4) is 0 Å². The normalized spacial score (nSPS) is 10.2. The molecule has 0 bridgehead atoms. The van der Waals surface area contributed by atoms with Crippen LogP contribution in [0.2, 0.25) is 0 Å². The molecule has 72 valence electrons. The van der Waals surface area contributed by atoms with Crippen molar-refractivity contribution < 1.29 is 0 Å². The zero-order chi connectivity index (χ0) is 9.84. The monoisotopic (exact) mass is 177 g/mol. The summed E-state index contributed by atoms with van der Waals surface area (Å²) in [6.45, 7) is 6.54. The highest BCUT2D eigenvalue weighted by Gasteiger charge is 2.03. The SMILES string of the molecule is CCCc1cc(C)cc(C)c1NC. The minimum absolute atomic E-state index is 1.17. The van der Waals surface area contributed by atoms with Crippen molar-refractivity contribution in [1.82, 2.24) is 0 Å². The first-order valence-corrected chi connectivity index (χ1v) is 4.97. The first-order valence-electron chi connectivity index (χ1n) is 4.97. The van der Waals surface area contributed by atoms with E-state index in [1.54, 1.807) is 0 Å². The molecule has 1 N–H and O–H groups in total. The molecule has 1 heteroatoms. The third-order valence-electron chi connectivity index (χ3n) is 2.33. The van der Waals surface area contributed by atoms with Crippen LogP contribution in [0.25, 0.3) is 0 Å². The summed E-state index contributed by atoms with van der Waals surface area (Å²) in [5.74, 6) is 0. The predicted octanol–water partition coefficient (Wildman–Crippen LogP) is 3.30. The van der Waals surface area contributed by atoms with Crippen LogP contribution >= 0.6 is 0 Å². The molecular formula is C12H19N. The van der Waals surface area contributed by atoms with Crippen molar-refractivity contribution in [1.29, 1.82) is 0 Å². The average molecular weight is 177 g/mol. The van der Waals surface area contributed by atoms with Gasteiger partial charge in [0.1, 0.15) is 0 Å². The summed E-state index contributed by atoms with van der Waals surface area (Å²) in [4.78, 5) is 0. The number of anilines is 1. The van der Waals surface area contributed by atoms with E-state index in [1.165, 1.54) is 35.2 Å². The van der Waals surface area contributed by atoms with Crippen LogP contribution in [-0.2, 0) is 6.42 Å². The maximum Gasteiger partial charge on any atom is 0.0400 e. The second kappa shape index (κ2) is 4.31. The van der Waals surface area contributed by atoms with Crippen LogP contribution in [0.5, 0.6) is 0 Å². The van der Waals surface area contributed by atoms with Gasteiger partial charge in [-0.15, -0.1) is 0 Å².